The van der Waals surface area contributed by atoms with Crippen molar-refractivity contribution in [1.82, 2.24) is 10.2 Å². The van der Waals surface area contributed by atoms with Crippen molar-refractivity contribution in [2.45, 2.75) is 37.8 Å². The maximum atomic E-state index is 10.4. The van der Waals surface area contributed by atoms with Crippen LogP contribution < -0.4 is 5.32 Å². The van der Waals surface area contributed by atoms with Crippen molar-refractivity contribution >= 4 is 6.41 Å². The predicted octanol–water partition coefficient (Wildman–Crippen LogP) is 0.270. The van der Waals surface area contributed by atoms with Gasteiger partial charge in [-0.15, -0.1) is 0 Å². The zero-order valence-corrected chi connectivity index (χ0v) is 9.95. The van der Waals surface area contributed by atoms with Crippen LogP contribution in [0.1, 0.15) is 25.7 Å². The first-order chi connectivity index (χ1) is 5.88. The van der Waals surface area contributed by atoms with E-state index < -0.39 is 0 Å². The van der Waals surface area contributed by atoms with Crippen LogP contribution in [-0.2, 0) is 4.79 Å². The molecule has 0 bridgehead atoms. The first-order valence-corrected chi connectivity index (χ1v) is 4.77. The molecule has 1 amide bonds. The summed E-state index contributed by atoms with van der Waals surface area (Å²) in [6.07, 6.45) is 6.95. The van der Waals surface area contributed by atoms with E-state index in [1.165, 1.54) is 19.3 Å². The Morgan fingerprint density at radius 3 is 2.62 bits per heavy atom. The second-order valence-electron chi connectivity index (χ2n) is 3.82. The van der Waals surface area contributed by atoms with Gasteiger partial charge in [-0.1, -0.05) is 0 Å². The molecule has 1 saturated carbocycles. The molecule has 1 unspecified atom stereocenters. The summed E-state index contributed by atoms with van der Waals surface area (Å²) in [7, 11) is 0. The molecule has 1 atom stereocenters. The average molecular weight is 424 g/mol. The monoisotopic (exact) mass is 424 g/mol. The van der Waals surface area contributed by atoms with Crippen molar-refractivity contribution in [3.63, 3.8) is 0 Å². The topological polar surface area (TPSA) is 32.3 Å². The largest absolute Gasteiger partial charge is 0.520 e. The molecule has 0 aromatic heterocycles. The Morgan fingerprint density at radius 1 is 1.23 bits per heavy atom. The first kappa shape index (κ1) is 9.52. The van der Waals surface area contributed by atoms with E-state index in [9.17, 15) is 4.79 Å². The summed E-state index contributed by atoms with van der Waals surface area (Å²) in [5.74, 6) is 0. The minimum atomic E-state index is 0. The normalized spacial score (nSPS) is 28.0. The van der Waals surface area contributed by atoms with Crippen LogP contribution in [0.5, 0.6) is 0 Å². The molecule has 3 nitrogen and oxygen atoms in total. The van der Waals surface area contributed by atoms with Crippen LogP contribution >= 0.6 is 0 Å². The van der Waals surface area contributed by atoms with Crippen LogP contribution in [0.25, 0.3) is 0 Å². The molecule has 13 heavy (non-hydrogen) atoms. The number of carbonyl (C=O) groups excluding carboxylic acids is 1. The van der Waals surface area contributed by atoms with Gasteiger partial charge in [-0.25, -0.2) is 0 Å². The van der Waals surface area contributed by atoms with E-state index in [0.29, 0.717) is 6.04 Å². The molecular formula is C9H15FmN2O-. The molecule has 0 aromatic rings. The molecular weight excluding hydrogens is 409 g/mol. The van der Waals surface area contributed by atoms with Crippen LogP contribution in [0.2, 0.25) is 0 Å². The summed E-state index contributed by atoms with van der Waals surface area (Å²) in [5.41, 5.74) is 0. The van der Waals surface area contributed by atoms with Gasteiger partial charge in [0, 0.05) is 18.6 Å². The molecule has 2 aliphatic rings. The van der Waals surface area contributed by atoms with Crippen molar-refractivity contribution in [2.24, 2.45) is 0 Å². The Bertz CT molecular complexity index is 173. The summed E-state index contributed by atoms with van der Waals surface area (Å²) in [5, 5.41) is 3.54. The third-order valence-corrected chi connectivity index (χ3v) is 2.60. The van der Waals surface area contributed by atoms with Crippen LogP contribution in [0.15, 0.2) is 0 Å². The third kappa shape index (κ3) is 2.44. The van der Waals surface area contributed by atoms with E-state index in [1.807, 2.05) is 6.41 Å². The SMILES string of the molecule is O=[C-]N1CCCC(NC2CC2)C1.[Fm]. The molecule has 0 spiro atoms. The van der Waals surface area contributed by atoms with E-state index in [2.05, 4.69) is 5.32 Å². The number of rotatable bonds is 3. The molecule has 4 heteroatoms. The summed E-state index contributed by atoms with van der Waals surface area (Å²) < 4.78 is 0. The Morgan fingerprint density at radius 2 is 2.00 bits per heavy atom. The van der Waals surface area contributed by atoms with Crippen LogP contribution in [0.3, 0.4) is 0 Å². The fourth-order valence-electron chi connectivity index (χ4n) is 1.78. The van der Waals surface area contributed by atoms with Gasteiger partial charge in [0.1, 0.15) is 0 Å². The summed E-state index contributed by atoms with van der Waals surface area (Å²) in [6, 6.07) is 1.29. The second kappa shape index (κ2) is 3.90. The van der Waals surface area contributed by atoms with Gasteiger partial charge in [-0.05, 0) is 32.2 Å². The maximum Gasteiger partial charge on any atom is 0.0220 e. The van der Waals surface area contributed by atoms with Crippen LogP contribution in [0.4, 0.5) is 0 Å². The average Bonchev–Trinajstić information content (AvgIpc) is 2.89. The predicted molar refractivity (Wildman–Crippen MR) is 46.4 cm³/mol. The molecule has 0 radical (unpaired) electrons. The van der Waals surface area contributed by atoms with Gasteiger partial charge in [0.25, 0.3) is 0 Å². The number of nitrogens with zero attached hydrogens (tertiary/aromatic N) is 1. The molecule has 2 rings (SSSR count). The van der Waals surface area contributed by atoms with E-state index in [4.69, 9.17) is 0 Å². The standard InChI is InChI=1S/C9H15N2O.Fm/c12-7-11-5-1-2-9(6-11)10-8-3-4-8;/h8-10H,1-6H2;/q-1;. The van der Waals surface area contributed by atoms with Crippen molar-refractivity contribution in [3.05, 3.63) is 0 Å². The number of hydrogen-bond acceptors (Lipinski definition) is 2. The summed E-state index contributed by atoms with van der Waals surface area (Å²) in [6.45, 7) is 1.76. The Labute approximate surface area is 73.1 Å². The van der Waals surface area contributed by atoms with E-state index in [0.717, 1.165) is 25.6 Å². The zero-order valence-electron chi connectivity index (χ0n) is 7.54. The quantitative estimate of drug-likeness (QED) is 0.661. The first-order valence-electron chi connectivity index (χ1n) is 4.77. The minimum absolute atomic E-state index is 0. The van der Waals surface area contributed by atoms with E-state index in [1.54, 1.807) is 4.90 Å². The molecule has 2 fully saturated rings. The van der Waals surface area contributed by atoms with Gasteiger partial charge in [-0.3, -0.25) is 0 Å². The summed E-state index contributed by atoms with van der Waals surface area (Å²) >= 11 is 0. The number of hydrogen-bond donors (Lipinski definition) is 1. The van der Waals surface area contributed by atoms with Crippen molar-refractivity contribution < 1.29 is 4.79 Å². The van der Waals surface area contributed by atoms with Crippen molar-refractivity contribution in [1.29, 1.82) is 0 Å². The van der Waals surface area contributed by atoms with Gasteiger partial charge in [0.05, 0.1) is 0 Å². The molecule has 1 N–H and O–H groups in total. The van der Waals surface area contributed by atoms with Crippen molar-refractivity contribution in [3.8, 4) is 0 Å². The minimum Gasteiger partial charge on any atom is -0.520 e. The van der Waals surface area contributed by atoms with Gasteiger partial charge >= 0.3 is 0 Å². The molecule has 80 valence electrons. The maximum absolute atomic E-state index is 10.4. The van der Waals surface area contributed by atoms with Gasteiger partial charge in [0.2, 0.25) is 0 Å². The van der Waals surface area contributed by atoms with Gasteiger partial charge < -0.3 is 15.0 Å². The zero-order chi connectivity index (χ0) is 8.39. The van der Waals surface area contributed by atoms with Crippen molar-refractivity contribution in [2.75, 3.05) is 13.1 Å². The van der Waals surface area contributed by atoms with E-state index >= 15 is 0 Å². The molecule has 1 heterocycles. The third-order valence-electron chi connectivity index (χ3n) is 2.60. The summed E-state index contributed by atoms with van der Waals surface area (Å²) in [4.78, 5) is 12.1. The fourth-order valence-corrected chi connectivity index (χ4v) is 1.78. The van der Waals surface area contributed by atoms with Gasteiger partial charge in [-0.2, -0.15) is 6.41 Å². The molecule has 1 aliphatic carbocycles. The number of likely N-dealkylation sites (tertiary alicyclic amines) is 1. The number of nitrogens with one attached hydrogen (secondary N) is 1. The van der Waals surface area contributed by atoms with Crippen LogP contribution in [-0.4, -0.2) is 36.5 Å². The van der Waals surface area contributed by atoms with Gasteiger partial charge in [0.15, 0.2) is 0 Å². The van der Waals surface area contributed by atoms with Crippen LogP contribution in [0, 0.1) is 0 Å². The molecule has 0 aromatic carbocycles. The molecule has 1 saturated heterocycles. The molecule has 1 aliphatic heterocycles. The fraction of sp³-hybridized carbons (Fsp3) is 0.889. The second-order valence-corrected chi connectivity index (χ2v) is 3.82. The smallest absolute Gasteiger partial charge is 0.0220 e. The number of amides is 1. The van der Waals surface area contributed by atoms with E-state index in [-0.39, 0.29) is 0 Å². The Balaban J connectivity index is 0.000000845. The Hall–Kier alpha value is -1.57. The Kier molecular flexibility index (Phi) is 2.85. The number of piperidine rings is 1.